The van der Waals surface area contributed by atoms with Crippen LogP contribution in [0.25, 0.3) is 16.9 Å². The van der Waals surface area contributed by atoms with Crippen molar-refractivity contribution >= 4 is 17.6 Å². The van der Waals surface area contributed by atoms with Crippen LogP contribution < -0.4 is 15.4 Å². The zero-order chi connectivity index (χ0) is 27.8. The number of nitrogens with one attached hydrogen (secondary N) is 2. The molecule has 0 unspecified atom stereocenters. The third-order valence-corrected chi connectivity index (χ3v) is 6.15. The van der Waals surface area contributed by atoms with E-state index in [2.05, 4.69) is 20.7 Å². The second-order valence-electron chi connectivity index (χ2n) is 9.22. The van der Waals surface area contributed by atoms with E-state index in [0.717, 1.165) is 26.0 Å². The maximum Gasteiger partial charge on any atom is 0.427 e. The summed E-state index contributed by atoms with van der Waals surface area (Å²) in [5.41, 5.74) is -2.28. The van der Waals surface area contributed by atoms with Gasteiger partial charge in [0.05, 0.1) is 11.6 Å². The van der Waals surface area contributed by atoms with Crippen molar-refractivity contribution in [2.75, 3.05) is 11.9 Å². The molecule has 1 saturated heterocycles. The van der Waals surface area contributed by atoms with Crippen molar-refractivity contribution in [3.05, 3.63) is 54.1 Å². The fraction of sp³-hybridized carbons (Fsp3) is 0.320. The van der Waals surface area contributed by atoms with Crippen molar-refractivity contribution in [2.24, 2.45) is 11.8 Å². The smallest absolute Gasteiger partial charge is 0.427 e. The van der Waals surface area contributed by atoms with Gasteiger partial charge in [-0.1, -0.05) is 6.92 Å². The molecule has 3 aromatic rings. The first kappa shape index (κ1) is 26.6. The minimum Gasteiger partial charge on any atom is -0.478 e. The molecular formula is C25H22F4N6O3. The number of alkyl halides is 3. The van der Waals surface area contributed by atoms with Crippen molar-refractivity contribution in [2.45, 2.75) is 32.5 Å². The number of benzene rings is 1. The van der Waals surface area contributed by atoms with Gasteiger partial charge in [0.15, 0.2) is 17.1 Å². The van der Waals surface area contributed by atoms with E-state index < -0.39 is 41.1 Å². The molecule has 198 valence electrons. The highest BCUT2D eigenvalue weighted by Gasteiger charge is 2.50. The van der Waals surface area contributed by atoms with E-state index in [4.69, 9.17) is 4.74 Å². The van der Waals surface area contributed by atoms with Gasteiger partial charge in [0.25, 0.3) is 0 Å². The lowest BCUT2D eigenvalue weighted by molar-refractivity contribution is -0.234. The predicted molar refractivity (Wildman–Crippen MR) is 127 cm³/mol. The third kappa shape index (κ3) is 5.15. The van der Waals surface area contributed by atoms with Crippen LogP contribution in [0, 0.1) is 29.0 Å². The summed E-state index contributed by atoms with van der Waals surface area (Å²) in [6, 6.07) is 9.40. The van der Waals surface area contributed by atoms with Crippen LogP contribution >= 0.6 is 0 Å². The lowest BCUT2D eigenvalue weighted by atomic mass is 9.97. The van der Waals surface area contributed by atoms with Gasteiger partial charge in [-0.15, -0.1) is 5.10 Å². The minimum absolute atomic E-state index is 0.00615. The average molecular weight is 530 g/mol. The van der Waals surface area contributed by atoms with Crippen molar-refractivity contribution in [3.63, 3.8) is 0 Å². The minimum atomic E-state index is -4.73. The van der Waals surface area contributed by atoms with Crippen LogP contribution in [0.2, 0.25) is 0 Å². The van der Waals surface area contributed by atoms with Crippen molar-refractivity contribution < 1.29 is 31.9 Å². The van der Waals surface area contributed by atoms with Gasteiger partial charge < -0.3 is 15.4 Å². The van der Waals surface area contributed by atoms with E-state index in [-0.39, 0.29) is 40.9 Å². The van der Waals surface area contributed by atoms with Gasteiger partial charge in [-0.3, -0.25) is 9.59 Å². The largest absolute Gasteiger partial charge is 0.478 e. The Morgan fingerprint density at radius 1 is 1.26 bits per heavy atom. The van der Waals surface area contributed by atoms with Crippen LogP contribution in [0.4, 0.5) is 23.4 Å². The lowest BCUT2D eigenvalue weighted by Gasteiger charge is -2.29. The number of nitrogens with zero attached hydrogens (tertiary/aromatic N) is 4. The van der Waals surface area contributed by atoms with Gasteiger partial charge in [0.2, 0.25) is 11.8 Å². The highest BCUT2D eigenvalue weighted by molar-refractivity contribution is 5.98. The van der Waals surface area contributed by atoms with E-state index in [0.29, 0.717) is 0 Å². The van der Waals surface area contributed by atoms with Crippen LogP contribution in [0.1, 0.15) is 26.5 Å². The molecule has 4 rings (SSSR count). The van der Waals surface area contributed by atoms with E-state index >= 15 is 0 Å². The SMILES string of the molecule is C[C@H]1C(=O)NC[C@@H]1C(=O)Nc1cc(-c2cc(F)cc(OC(C)(C)C(F)(F)F)c2)n(-c2cccnc2C#N)n1. The Hall–Kier alpha value is -4.47. The first-order chi connectivity index (χ1) is 17.8. The number of rotatable bonds is 6. The molecule has 1 aromatic carbocycles. The predicted octanol–water partition coefficient (Wildman–Crippen LogP) is 3.99. The van der Waals surface area contributed by atoms with E-state index in [9.17, 15) is 32.4 Å². The summed E-state index contributed by atoms with van der Waals surface area (Å²) in [5.74, 6) is -3.26. The molecule has 1 aliphatic heterocycles. The normalized spacial score (nSPS) is 17.6. The molecule has 13 heteroatoms. The number of anilines is 1. The van der Waals surface area contributed by atoms with E-state index in [1.807, 2.05) is 6.07 Å². The summed E-state index contributed by atoms with van der Waals surface area (Å²) in [6.45, 7) is 3.38. The first-order valence-electron chi connectivity index (χ1n) is 11.4. The molecule has 1 fully saturated rings. The Morgan fingerprint density at radius 3 is 2.63 bits per heavy atom. The summed E-state index contributed by atoms with van der Waals surface area (Å²) in [7, 11) is 0. The van der Waals surface area contributed by atoms with Crippen molar-refractivity contribution in [1.82, 2.24) is 20.1 Å². The molecule has 2 aromatic heterocycles. The highest BCUT2D eigenvalue weighted by atomic mass is 19.4. The molecule has 9 nitrogen and oxygen atoms in total. The van der Waals surface area contributed by atoms with Crippen LogP contribution in [0.3, 0.4) is 0 Å². The summed E-state index contributed by atoms with van der Waals surface area (Å²) in [6.07, 6.45) is -3.35. The maximum atomic E-state index is 14.6. The Balaban J connectivity index is 1.79. The molecule has 2 amide bonds. The number of ether oxygens (including phenoxy) is 1. The van der Waals surface area contributed by atoms with Gasteiger partial charge in [0, 0.05) is 36.4 Å². The maximum absolute atomic E-state index is 14.6. The van der Waals surface area contributed by atoms with Crippen LogP contribution in [-0.2, 0) is 9.59 Å². The number of carbonyl (C=O) groups excluding carboxylic acids is 2. The molecule has 2 atom stereocenters. The number of halogens is 4. The van der Waals surface area contributed by atoms with Gasteiger partial charge in [0.1, 0.15) is 23.3 Å². The summed E-state index contributed by atoms with van der Waals surface area (Å²) in [5, 5.41) is 19.1. The van der Waals surface area contributed by atoms with E-state index in [1.54, 1.807) is 6.92 Å². The molecule has 2 N–H and O–H groups in total. The number of aromatic nitrogens is 3. The van der Waals surface area contributed by atoms with Crippen LogP contribution in [0.5, 0.6) is 5.75 Å². The topological polar surface area (TPSA) is 122 Å². The van der Waals surface area contributed by atoms with Gasteiger partial charge in [-0.25, -0.2) is 14.1 Å². The lowest BCUT2D eigenvalue weighted by Crippen LogP contribution is -2.44. The molecule has 0 saturated carbocycles. The van der Waals surface area contributed by atoms with Crippen molar-refractivity contribution in [3.8, 4) is 28.8 Å². The van der Waals surface area contributed by atoms with E-state index in [1.165, 1.54) is 35.1 Å². The number of amides is 2. The first-order valence-corrected chi connectivity index (χ1v) is 11.4. The summed E-state index contributed by atoms with van der Waals surface area (Å²) in [4.78, 5) is 28.6. The fourth-order valence-corrected chi connectivity index (χ4v) is 3.88. The quantitative estimate of drug-likeness (QED) is 0.465. The molecule has 0 radical (unpaired) electrons. The Kier molecular flexibility index (Phi) is 6.84. The zero-order valence-corrected chi connectivity index (χ0v) is 20.4. The van der Waals surface area contributed by atoms with Crippen molar-refractivity contribution in [1.29, 1.82) is 5.26 Å². The van der Waals surface area contributed by atoms with Gasteiger partial charge in [-0.05, 0) is 38.1 Å². The number of hydrogen-bond donors (Lipinski definition) is 2. The highest BCUT2D eigenvalue weighted by Crippen LogP contribution is 2.37. The molecule has 1 aliphatic rings. The second-order valence-corrected chi connectivity index (χ2v) is 9.22. The fourth-order valence-electron chi connectivity index (χ4n) is 3.88. The van der Waals surface area contributed by atoms with Crippen LogP contribution in [-0.4, -0.2) is 44.9 Å². The number of carbonyl (C=O) groups is 2. The molecule has 0 aliphatic carbocycles. The Morgan fingerprint density at radius 2 is 2.00 bits per heavy atom. The molecule has 38 heavy (non-hydrogen) atoms. The molecule has 0 spiro atoms. The standard InChI is InChI=1S/C25H22F4N6O3/c1-13-17(12-32-22(13)36)23(37)33-21-10-20(35(34-21)19-5-4-6-31-18(19)11-30)14-7-15(26)9-16(8-14)38-24(2,3)25(27,28)29/h4-10,13,17H,12H2,1-3H3,(H,32,36)(H,33,34,37)/t13-,17+/m1/s1. The van der Waals surface area contributed by atoms with Gasteiger partial charge >= 0.3 is 6.18 Å². The summed E-state index contributed by atoms with van der Waals surface area (Å²) >= 11 is 0. The average Bonchev–Trinajstić information content (AvgIpc) is 3.40. The molecular weight excluding hydrogens is 508 g/mol. The zero-order valence-electron chi connectivity index (χ0n) is 20.4. The second kappa shape index (κ2) is 9.77. The Bertz CT molecular complexity index is 1440. The Labute approximate surface area is 214 Å². The number of hydrogen-bond acceptors (Lipinski definition) is 6. The summed E-state index contributed by atoms with van der Waals surface area (Å²) < 4.78 is 61.1. The third-order valence-electron chi connectivity index (χ3n) is 6.15. The van der Waals surface area contributed by atoms with Crippen LogP contribution in [0.15, 0.2) is 42.6 Å². The molecule has 0 bridgehead atoms. The number of nitriles is 1. The van der Waals surface area contributed by atoms with Gasteiger partial charge in [-0.2, -0.15) is 18.4 Å². The number of pyridine rings is 1. The monoisotopic (exact) mass is 530 g/mol. The molecule has 3 heterocycles.